The second-order valence-corrected chi connectivity index (χ2v) is 16.5. The van der Waals surface area contributed by atoms with Gasteiger partial charge in [-0.05, 0) is 50.2 Å². The van der Waals surface area contributed by atoms with E-state index < -0.39 is 17.4 Å². The first-order valence-corrected chi connectivity index (χ1v) is 19.2. The Hall–Kier alpha value is -0.440. The third-order valence-corrected chi connectivity index (χ3v) is 13.3. The first kappa shape index (κ1) is 35.6. The lowest BCUT2D eigenvalue weighted by Gasteiger charge is -2.28. The Balaban J connectivity index is 0.000000686. The van der Waals surface area contributed by atoms with Gasteiger partial charge in [-0.15, -0.1) is 0 Å². The van der Waals surface area contributed by atoms with Crippen LogP contribution in [-0.2, 0) is 16.5 Å². The molecular weight excluding hydrogens is 483 g/mol. The molecule has 0 unspecified atom stereocenters. The van der Waals surface area contributed by atoms with Gasteiger partial charge in [-0.1, -0.05) is 117 Å². The van der Waals surface area contributed by atoms with Gasteiger partial charge < -0.3 is 0 Å². The summed E-state index contributed by atoms with van der Waals surface area (Å²) < 4.78 is 31.6. The summed E-state index contributed by atoms with van der Waals surface area (Å²) in [7, 11) is -4.65. The Kier molecular flexibility index (Phi) is 22.3. The van der Waals surface area contributed by atoms with E-state index in [1.54, 1.807) is 36.8 Å². The highest BCUT2D eigenvalue weighted by molar-refractivity contribution is 7.85. The van der Waals surface area contributed by atoms with Gasteiger partial charge in [0.1, 0.15) is 0 Å². The van der Waals surface area contributed by atoms with Crippen LogP contribution in [-0.4, -0.2) is 37.6 Å². The first-order chi connectivity index (χ1) is 17.3. The molecule has 0 aliphatic carbocycles. The molecule has 0 heterocycles. The van der Waals surface area contributed by atoms with Crippen molar-refractivity contribution in [1.29, 1.82) is 0 Å². The molecule has 0 saturated heterocycles. The van der Waals surface area contributed by atoms with Crippen LogP contribution in [0, 0.1) is 0 Å². The first-order valence-electron chi connectivity index (χ1n) is 15.2. The zero-order valence-corrected chi connectivity index (χ0v) is 26.3. The lowest BCUT2D eigenvalue weighted by atomic mass is 10.0. The highest BCUT2D eigenvalue weighted by Crippen LogP contribution is 2.61. The number of hydrogen-bond donors (Lipinski definition) is 1. The third-order valence-electron chi connectivity index (χ3n) is 7.24. The van der Waals surface area contributed by atoms with Gasteiger partial charge in [0.2, 0.25) is 0 Å². The Morgan fingerprint density at radius 2 is 0.972 bits per heavy atom. The summed E-state index contributed by atoms with van der Waals surface area (Å²) in [6, 6.07) is 6.69. The second kappa shape index (κ2) is 22.5. The molecule has 0 atom stereocenters. The van der Waals surface area contributed by atoms with Crippen molar-refractivity contribution in [3.63, 3.8) is 0 Å². The van der Waals surface area contributed by atoms with Crippen molar-refractivity contribution in [2.45, 2.75) is 142 Å². The maximum Gasteiger partial charge on any atom is 0.294 e. The van der Waals surface area contributed by atoms with E-state index in [2.05, 4.69) is 34.6 Å². The Morgan fingerprint density at radius 3 is 1.39 bits per heavy atom. The van der Waals surface area contributed by atoms with E-state index in [4.69, 9.17) is 4.55 Å². The van der Waals surface area contributed by atoms with E-state index in [0.717, 1.165) is 18.4 Å². The monoisotopic (exact) mass is 543 g/mol. The average molecular weight is 544 g/mol. The smallest absolute Gasteiger partial charge is 0.282 e. The molecule has 0 aliphatic heterocycles. The van der Waals surface area contributed by atoms with Crippen molar-refractivity contribution < 1.29 is 13.0 Å². The zero-order valence-electron chi connectivity index (χ0n) is 24.6. The van der Waals surface area contributed by atoms with Crippen LogP contribution in [0.2, 0.25) is 0 Å². The summed E-state index contributed by atoms with van der Waals surface area (Å²) >= 11 is 0. The summed E-state index contributed by atoms with van der Waals surface area (Å²) in [4.78, 5) is 0.0565. The van der Waals surface area contributed by atoms with Gasteiger partial charge in [-0.3, -0.25) is 4.55 Å². The van der Waals surface area contributed by atoms with Gasteiger partial charge in [0.25, 0.3) is 10.1 Å². The fourth-order valence-electron chi connectivity index (χ4n) is 4.88. The van der Waals surface area contributed by atoms with Crippen molar-refractivity contribution >= 4 is 17.4 Å². The Bertz CT molecular complexity index is 696. The zero-order chi connectivity index (χ0) is 27.1. The molecule has 1 aromatic carbocycles. The molecule has 1 rings (SSSR count). The fourth-order valence-corrected chi connectivity index (χ4v) is 10.9. The molecule has 36 heavy (non-hydrogen) atoms. The number of unbranched alkanes of at least 4 members (excludes halogenated alkanes) is 10. The third kappa shape index (κ3) is 17.1. The molecule has 0 aliphatic rings. The lowest BCUT2D eigenvalue weighted by molar-refractivity contribution is 0.481. The number of aryl methyl sites for hydroxylation is 1. The van der Waals surface area contributed by atoms with Gasteiger partial charge in [-0.2, -0.15) is 8.42 Å². The SMILES string of the molecule is CCCCCCCCCc1ccccc1S(=O)(=O)O.CCCC[P+](CCCC)(CCCC)CCCC. The molecule has 5 heteroatoms. The molecule has 0 spiro atoms. The van der Waals surface area contributed by atoms with Gasteiger partial charge in [-0.25, -0.2) is 0 Å². The molecule has 3 nitrogen and oxygen atoms in total. The Morgan fingerprint density at radius 1 is 0.583 bits per heavy atom. The number of rotatable bonds is 21. The molecule has 212 valence electrons. The molecule has 0 aromatic heterocycles. The number of benzene rings is 1. The van der Waals surface area contributed by atoms with E-state index in [9.17, 15) is 8.42 Å². The standard InChI is InChI=1S/C16H36P.C15H24O3S/c1-5-9-13-17(14-10-6-2,15-11-7-3)16-12-8-4;1-2-3-4-5-6-7-8-11-14-12-9-10-13-15(14)19(16,17)18/h5-16H2,1-4H3;9-10,12-13H,2-8,11H2,1H3,(H,16,17,18)/q+1;. The predicted molar refractivity (Wildman–Crippen MR) is 164 cm³/mol. The van der Waals surface area contributed by atoms with Crippen LogP contribution in [0.1, 0.15) is 136 Å². The molecular formula is C31H60O3PS+. The van der Waals surface area contributed by atoms with Crippen LogP contribution in [0.4, 0.5) is 0 Å². The summed E-state index contributed by atoms with van der Waals surface area (Å²) in [6.07, 6.45) is 27.0. The van der Waals surface area contributed by atoms with Crippen molar-refractivity contribution in [2.24, 2.45) is 0 Å². The van der Waals surface area contributed by atoms with Crippen LogP contribution >= 0.6 is 7.26 Å². The molecule has 0 fully saturated rings. The summed E-state index contributed by atoms with van der Waals surface area (Å²) in [5.41, 5.74) is 0.721. The fraction of sp³-hybridized carbons (Fsp3) is 0.806. The topological polar surface area (TPSA) is 54.4 Å². The van der Waals surface area contributed by atoms with Gasteiger partial charge in [0.15, 0.2) is 0 Å². The van der Waals surface area contributed by atoms with Gasteiger partial charge >= 0.3 is 0 Å². The Labute approximate surface area is 226 Å². The van der Waals surface area contributed by atoms with Crippen LogP contribution in [0.5, 0.6) is 0 Å². The second-order valence-electron chi connectivity index (χ2n) is 10.6. The van der Waals surface area contributed by atoms with Crippen molar-refractivity contribution in [3.8, 4) is 0 Å². The number of hydrogen-bond acceptors (Lipinski definition) is 2. The molecule has 1 N–H and O–H groups in total. The lowest BCUT2D eigenvalue weighted by Crippen LogP contribution is -2.12. The predicted octanol–water partition coefficient (Wildman–Crippen LogP) is 10.4. The van der Waals surface area contributed by atoms with Crippen molar-refractivity contribution in [2.75, 3.05) is 24.6 Å². The van der Waals surface area contributed by atoms with Crippen LogP contribution in [0.15, 0.2) is 29.2 Å². The van der Waals surface area contributed by atoms with Crippen LogP contribution in [0.25, 0.3) is 0 Å². The van der Waals surface area contributed by atoms with E-state index in [1.807, 2.05) is 6.07 Å². The van der Waals surface area contributed by atoms with E-state index >= 15 is 0 Å². The van der Waals surface area contributed by atoms with Crippen LogP contribution in [0.3, 0.4) is 0 Å². The minimum Gasteiger partial charge on any atom is -0.282 e. The quantitative estimate of drug-likeness (QED) is 0.0953. The molecule has 0 saturated carbocycles. The molecule has 0 radical (unpaired) electrons. The van der Waals surface area contributed by atoms with Gasteiger partial charge in [0, 0.05) is 7.26 Å². The maximum absolute atomic E-state index is 11.2. The molecule has 0 amide bonds. The highest BCUT2D eigenvalue weighted by Gasteiger charge is 2.34. The normalized spacial score (nSPS) is 11.8. The van der Waals surface area contributed by atoms with Gasteiger partial charge in [0.05, 0.1) is 29.5 Å². The summed E-state index contributed by atoms with van der Waals surface area (Å²) in [5.74, 6) is 0. The van der Waals surface area contributed by atoms with E-state index in [-0.39, 0.29) is 4.90 Å². The minimum absolute atomic E-state index is 0.0565. The van der Waals surface area contributed by atoms with Crippen molar-refractivity contribution in [3.05, 3.63) is 29.8 Å². The average Bonchev–Trinajstić information content (AvgIpc) is 2.87. The maximum atomic E-state index is 11.2. The highest BCUT2D eigenvalue weighted by atomic mass is 32.2. The summed E-state index contributed by atoms with van der Waals surface area (Å²) in [6.45, 7) is 11.6. The largest absolute Gasteiger partial charge is 0.294 e. The minimum atomic E-state index is -4.09. The van der Waals surface area contributed by atoms with Crippen LogP contribution < -0.4 is 0 Å². The molecule has 0 bridgehead atoms. The summed E-state index contributed by atoms with van der Waals surface area (Å²) in [5, 5.41) is 0. The van der Waals surface area contributed by atoms with Crippen molar-refractivity contribution in [1.82, 2.24) is 0 Å². The van der Waals surface area contributed by atoms with E-state index in [1.165, 1.54) is 89.5 Å². The van der Waals surface area contributed by atoms with E-state index in [0.29, 0.717) is 6.42 Å². The molecule has 1 aromatic rings.